The van der Waals surface area contributed by atoms with Crippen molar-refractivity contribution in [3.63, 3.8) is 0 Å². The van der Waals surface area contributed by atoms with Crippen molar-refractivity contribution in [3.05, 3.63) is 54.1 Å². The van der Waals surface area contributed by atoms with E-state index in [4.69, 9.17) is 10.2 Å². The number of allylic oxidation sites excluding steroid dienone is 3. The summed E-state index contributed by atoms with van der Waals surface area (Å²) < 4.78 is 4.46. The van der Waals surface area contributed by atoms with Crippen LogP contribution in [0.5, 0.6) is 5.75 Å². The molecule has 19 heavy (non-hydrogen) atoms. The zero-order valence-electron chi connectivity index (χ0n) is 10.7. The normalized spacial score (nSPS) is 10.0. The molecule has 0 bridgehead atoms. The molecule has 0 aliphatic heterocycles. The van der Waals surface area contributed by atoms with Gasteiger partial charge < -0.3 is 14.9 Å². The van der Waals surface area contributed by atoms with Gasteiger partial charge in [0.1, 0.15) is 5.75 Å². The summed E-state index contributed by atoms with van der Waals surface area (Å²) in [5.74, 6) is -1.18. The van der Waals surface area contributed by atoms with Gasteiger partial charge in [-0.25, -0.2) is 9.59 Å². The molecule has 0 aromatic heterocycles. The minimum absolute atomic E-state index is 0.137. The van der Waals surface area contributed by atoms with E-state index in [0.29, 0.717) is 5.56 Å². The SMILES string of the molecule is C/C=C/C=C/C(=O)O.COC(=O)c1ccc(O)cc1. The van der Waals surface area contributed by atoms with E-state index in [1.807, 2.05) is 6.92 Å². The summed E-state index contributed by atoms with van der Waals surface area (Å²) in [4.78, 5) is 20.6. The van der Waals surface area contributed by atoms with Gasteiger partial charge >= 0.3 is 11.9 Å². The van der Waals surface area contributed by atoms with Gasteiger partial charge in [-0.05, 0) is 31.2 Å². The highest BCUT2D eigenvalue weighted by Crippen LogP contribution is 2.09. The van der Waals surface area contributed by atoms with Crippen LogP contribution in [0, 0.1) is 0 Å². The van der Waals surface area contributed by atoms with Crippen LogP contribution in [0.3, 0.4) is 0 Å². The first-order valence-electron chi connectivity index (χ1n) is 5.41. The summed E-state index contributed by atoms with van der Waals surface area (Å²) in [6, 6.07) is 5.88. The van der Waals surface area contributed by atoms with Crippen LogP contribution < -0.4 is 0 Å². The van der Waals surface area contributed by atoms with E-state index >= 15 is 0 Å². The second kappa shape index (κ2) is 9.47. The number of carboxylic acid groups (broad SMARTS) is 1. The zero-order chi connectivity index (χ0) is 14.7. The van der Waals surface area contributed by atoms with Crippen LogP contribution in [0.2, 0.25) is 0 Å². The van der Waals surface area contributed by atoms with E-state index in [1.54, 1.807) is 12.2 Å². The van der Waals surface area contributed by atoms with E-state index in [0.717, 1.165) is 6.08 Å². The average molecular weight is 264 g/mol. The number of phenols is 1. The summed E-state index contributed by atoms with van der Waals surface area (Å²) in [6.07, 6.45) is 5.98. The van der Waals surface area contributed by atoms with Gasteiger partial charge in [-0.15, -0.1) is 0 Å². The van der Waals surface area contributed by atoms with E-state index in [9.17, 15) is 9.59 Å². The van der Waals surface area contributed by atoms with Gasteiger partial charge in [0.2, 0.25) is 0 Å². The number of rotatable bonds is 3. The molecule has 0 spiro atoms. The number of carbonyl (C=O) groups is 2. The lowest BCUT2D eigenvalue weighted by Crippen LogP contribution is -1.99. The van der Waals surface area contributed by atoms with E-state index < -0.39 is 11.9 Å². The summed E-state index contributed by atoms with van der Waals surface area (Å²) in [5, 5.41) is 16.9. The van der Waals surface area contributed by atoms with Gasteiger partial charge in [0.05, 0.1) is 12.7 Å². The quantitative estimate of drug-likeness (QED) is 0.497. The predicted molar refractivity (Wildman–Crippen MR) is 71.0 cm³/mol. The van der Waals surface area contributed by atoms with Crippen LogP contribution in [-0.2, 0) is 9.53 Å². The maximum atomic E-state index is 10.8. The van der Waals surface area contributed by atoms with Gasteiger partial charge in [0, 0.05) is 6.08 Å². The molecule has 102 valence electrons. The Hall–Kier alpha value is -2.56. The number of carbonyl (C=O) groups excluding carboxylic acids is 1. The maximum Gasteiger partial charge on any atom is 0.337 e. The van der Waals surface area contributed by atoms with E-state index in [1.165, 1.54) is 37.5 Å². The van der Waals surface area contributed by atoms with Crippen molar-refractivity contribution in [1.82, 2.24) is 0 Å². The summed E-state index contributed by atoms with van der Waals surface area (Å²) in [5.41, 5.74) is 0.435. The molecule has 5 nitrogen and oxygen atoms in total. The number of carboxylic acids is 1. The molecule has 0 aliphatic rings. The second-order valence-electron chi connectivity index (χ2n) is 3.26. The number of hydrogen-bond donors (Lipinski definition) is 2. The van der Waals surface area contributed by atoms with E-state index in [2.05, 4.69) is 4.74 Å². The Morgan fingerprint density at radius 1 is 1.16 bits per heavy atom. The fourth-order valence-electron chi connectivity index (χ4n) is 0.964. The highest BCUT2D eigenvalue weighted by Gasteiger charge is 2.02. The van der Waals surface area contributed by atoms with Gasteiger partial charge in [0.15, 0.2) is 0 Å². The van der Waals surface area contributed by atoms with Crippen LogP contribution in [-0.4, -0.2) is 29.3 Å². The molecule has 0 radical (unpaired) electrons. The summed E-state index contributed by atoms with van der Waals surface area (Å²) in [7, 11) is 1.31. The van der Waals surface area contributed by atoms with Crippen molar-refractivity contribution in [2.45, 2.75) is 6.92 Å². The summed E-state index contributed by atoms with van der Waals surface area (Å²) in [6.45, 7) is 1.83. The number of phenolic OH excluding ortho intramolecular Hbond substituents is 1. The van der Waals surface area contributed by atoms with E-state index in [-0.39, 0.29) is 5.75 Å². The van der Waals surface area contributed by atoms with Crippen molar-refractivity contribution in [1.29, 1.82) is 0 Å². The topological polar surface area (TPSA) is 83.8 Å². The average Bonchev–Trinajstić information content (AvgIpc) is 2.39. The maximum absolute atomic E-state index is 10.8. The third-order valence-electron chi connectivity index (χ3n) is 1.83. The third-order valence-corrected chi connectivity index (χ3v) is 1.83. The van der Waals surface area contributed by atoms with Gasteiger partial charge in [-0.1, -0.05) is 18.2 Å². The Bertz CT molecular complexity index is 457. The van der Waals surface area contributed by atoms with Gasteiger partial charge in [-0.2, -0.15) is 0 Å². The van der Waals surface area contributed by atoms with Crippen LogP contribution in [0.4, 0.5) is 0 Å². The molecule has 2 N–H and O–H groups in total. The van der Waals surface area contributed by atoms with Gasteiger partial charge in [-0.3, -0.25) is 0 Å². The third kappa shape index (κ3) is 8.20. The van der Waals surface area contributed by atoms with Crippen molar-refractivity contribution in [2.75, 3.05) is 7.11 Å². The highest BCUT2D eigenvalue weighted by molar-refractivity contribution is 5.89. The molecule has 1 rings (SSSR count). The predicted octanol–water partition coefficient (Wildman–Crippen LogP) is 2.38. The first kappa shape index (κ1) is 16.4. The molecule has 1 aromatic rings. The number of methoxy groups -OCH3 is 1. The Morgan fingerprint density at radius 3 is 2.16 bits per heavy atom. The lowest BCUT2D eigenvalue weighted by molar-refractivity contribution is -0.131. The fourth-order valence-corrected chi connectivity index (χ4v) is 0.964. The molecule has 1 aromatic carbocycles. The minimum Gasteiger partial charge on any atom is -0.508 e. The van der Waals surface area contributed by atoms with Crippen molar-refractivity contribution in [2.24, 2.45) is 0 Å². The summed E-state index contributed by atoms with van der Waals surface area (Å²) >= 11 is 0. The molecule has 0 saturated heterocycles. The molecule has 0 saturated carbocycles. The number of aromatic hydroxyl groups is 1. The fraction of sp³-hybridized carbons (Fsp3) is 0.143. The number of ether oxygens (including phenoxy) is 1. The molecule has 0 atom stereocenters. The Kier molecular flexibility index (Phi) is 8.19. The highest BCUT2D eigenvalue weighted by atomic mass is 16.5. The molecule has 0 fully saturated rings. The van der Waals surface area contributed by atoms with Gasteiger partial charge in [0.25, 0.3) is 0 Å². The smallest absolute Gasteiger partial charge is 0.337 e. The standard InChI is InChI=1S/C8H8O3.C6H8O2/c1-11-8(10)6-2-4-7(9)5-3-6;1-2-3-4-5-6(7)8/h2-5,9H,1H3;2-5H,1H3,(H,7,8)/b;3-2+,5-4+. The van der Waals surface area contributed by atoms with Crippen molar-refractivity contribution >= 4 is 11.9 Å². The second-order valence-corrected chi connectivity index (χ2v) is 3.26. The first-order valence-corrected chi connectivity index (χ1v) is 5.41. The molecule has 0 amide bonds. The first-order chi connectivity index (χ1) is 9.01. The number of aliphatic carboxylic acids is 1. The zero-order valence-corrected chi connectivity index (χ0v) is 10.7. The minimum atomic E-state index is -0.914. The monoisotopic (exact) mass is 264 g/mol. The van der Waals surface area contributed by atoms with Crippen LogP contribution in [0.15, 0.2) is 48.6 Å². The molecule has 0 unspecified atom stereocenters. The van der Waals surface area contributed by atoms with Crippen LogP contribution >= 0.6 is 0 Å². The van der Waals surface area contributed by atoms with Crippen LogP contribution in [0.1, 0.15) is 17.3 Å². The van der Waals surface area contributed by atoms with Crippen LogP contribution in [0.25, 0.3) is 0 Å². The molecule has 0 aliphatic carbocycles. The molecule has 0 heterocycles. The number of benzene rings is 1. The lowest BCUT2D eigenvalue weighted by Gasteiger charge is -1.97. The lowest BCUT2D eigenvalue weighted by atomic mass is 10.2. The number of hydrogen-bond acceptors (Lipinski definition) is 4. The molecular weight excluding hydrogens is 248 g/mol. The molecule has 5 heteroatoms. The Morgan fingerprint density at radius 2 is 1.74 bits per heavy atom. The number of esters is 1. The Labute approximate surface area is 111 Å². The van der Waals surface area contributed by atoms with Crippen molar-refractivity contribution in [3.8, 4) is 5.75 Å². The largest absolute Gasteiger partial charge is 0.508 e. The molecular formula is C14H16O5. The van der Waals surface area contributed by atoms with Crippen molar-refractivity contribution < 1.29 is 24.5 Å². The Balaban J connectivity index is 0.000000362.